The van der Waals surface area contributed by atoms with Gasteiger partial charge < -0.3 is 33.2 Å². The van der Waals surface area contributed by atoms with Crippen LogP contribution in [-0.4, -0.2) is 135 Å². The Hall–Kier alpha value is 1.16. The molecule has 0 aromatic rings. The van der Waals surface area contributed by atoms with Gasteiger partial charge in [-0.25, -0.2) is 0 Å². The summed E-state index contributed by atoms with van der Waals surface area (Å²) in [6.45, 7) is 68.7. The Bertz CT molecular complexity index is 1430. The first-order chi connectivity index (χ1) is 34.2. The van der Waals surface area contributed by atoms with Crippen molar-refractivity contribution >= 4 is 28.9 Å². The summed E-state index contributed by atoms with van der Waals surface area (Å²) in [7, 11) is 10.1. The van der Waals surface area contributed by atoms with E-state index in [4.69, 9.17) is 0 Å². The SMILES string of the molecule is CC.CC.CC.C[C-](C(=O)C(C)C)N(C)C(C)C.C[C-](C(=O)C(C)C)N(C)C(C)C.[CH2-]CCC(C)(C(=O)C(C)C)N(C)C(C)C.[CH2-]CCC(CCCCC(C)(C(=O)C(C)C)N(C)C(C)C)(C(=O)C(C)C)N(C)C(C)C.[K+].[K+]. The van der Waals surface area contributed by atoms with Crippen molar-refractivity contribution in [3.05, 3.63) is 25.9 Å². The van der Waals surface area contributed by atoms with E-state index in [9.17, 15) is 24.0 Å². The van der Waals surface area contributed by atoms with Crippen LogP contribution in [0.5, 0.6) is 0 Å². The minimum absolute atomic E-state index is 0. The Morgan fingerprint density at radius 1 is 0.377 bits per heavy atom. The number of carbonyl (C=O) groups is 5. The molecule has 0 aliphatic heterocycles. The zero-order chi connectivity index (χ0) is 61.9. The number of likely N-dealkylation sites (N-methyl/N-ethyl adjacent to an activating group) is 5. The molecular formula is C65H135K2N5O5-2. The predicted molar refractivity (Wildman–Crippen MR) is 333 cm³/mol. The van der Waals surface area contributed by atoms with Gasteiger partial charge in [-0.15, -0.1) is 0 Å². The number of Topliss-reactive ketones (excluding diaryl/α,β-unsaturated/α-hetero) is 5. The van der Waals surface area contributed by atoms with Crippen LogP contribution in [0.4, 0.5) is 0 Å². The summed E-state index contributed by atoms with van der Waals surface area (Å²) in [6, 6.07) is 3.49. The second kappa shape index (κ2) is 51.6. The molecule has 0 aliphatic rings. The fourth-order valence-corrected chi connectivity index (χ4v) is 8.74. The second-order valence-corrected chi connectivity index (χ2v) is 23.3. The van der Waals surface area contributed by atoms with Crippen LogP contribution >= 0.6 is 0 Å². The van der Waals surface area contributed by atoms with Gasteiger partial charge in [0.1, 0.15) is 0 Å². The third kappa shape index (κ3) is 35.9. The third-order valence-corrected chi connectivity index (χ3v) is 14.8. The van der Waals surface area contributed by atoms with Crippen LogP contribution in [-0.2, 0) is 24.0 Å². The molecule has 0 rings (SSSR count). The molecule has 0 N–H and O–H groups in total. The molecule has 0 radical (unpaired) electrons. The molecule has 0 heterocycles. The van der Waals surface area contributed by atoms with E-state index >= 15 is 0 Å². The zero-order valence-corrected chi connectivity index (χ0v) is 65.4. The number of hydrogen-bond donors (Lipinski definition) is 0. The van der Waals surface area contributed by atoms with Crippen molar-refractivity contribution in [3.63, 3.8) is 0 Å². The van der Waals surface area contributed by atoms with Gasteiger partial charge in [-0.05, 0) is 127 Å². The van der Waals surface area contributed by atoms with Crippen molar-refractivity contribution < 1.29 is 127 Å². The van der Waals surface area contributed by atoms with Gasteiger partial charge in [0, 0.05) is 47.4 Å². The standard InChI is InChI=1S/C26H51N2O2.C13H26NO.2C10H20NO.3C2H6.2K/c1-13-16-26(24(30)20(4)5,28(12)22(8)9)18-15-14-17-25(10,23(29)19(2)3)27(11)21(6)7;1-8-9-13(6,12(15)10(2)3)14(7)11(4)5;2*1-7(2)10(12)9(5)11(6)8(3)4;3*1-2;;/h19-22H,1,13-18H2,2-12H3;10-11H,1,8-9H2,2-7H3;2*7-8H,1-6H3;3*1-2H3;;/q4*-1;;;;2*+1. The molecule has 0 spiro atoms. The second-order valence-electron chi connectivity index (χ2n) is 23.3. The Kier molecular flexibility index (Phi) is 65.2. The Morgan fingerprint density at radius 3 is 0.831 bits per heavy atom. The van der Waals surface area contributed by atoms with Crippen molar-refractivity contribution in [2.45, 2.75) is 306 Å². The molecule has 12 heteroatoms. The van der Waals surface area contributed by atoms with E-state index in [0.717, 1.165) is 63.5 Å². The molecule has 0 aromatic carbocycles. The average Bonchev–Trinajstić information content (AvgIpc) is 3.36. The molecule has 0 saturated carbocycles. The van der Waals surface area contributed by atoms with E-state index < -0.39 is 11.1 Å². The van der Waals surface area contributed by atoms with E-state index in [-0.39, 0.29) is 149 Å². The van der Waals surface area contributed by atoms with Gasteiger partial charge >= 0.3 is 103 Å². The molecule has 0 aromatic heterocycles. The summed E-state index contributed by atoms with van der Waals surface area (Å²) < 4.78 is 0. The van der Waals surface area contributed by atoms with Crippen LogP contribution in [0.1, 0.15) is 259 Å². The number of ketones is 5. The first kappa shape index (κ1) is 97.3. The maximum Gasteiger partial charge on any atom is 1.00 e. The molecule has 0 aliphatic carbocycles. The first-order valence-corrected chi connectivity index (χ1v) is 29.8. The van der Waals surface area contributed by atoms with E-state index in [1.165, 1.54) is 0 Å². The summed E-state index contributed by atoms with van der Waals surface area (Å²) in [5, 5.41) is 0. The van der Waals surface area contributed by atoms with Crippen molar-refractivity contribution in [2.75, 3.05) is 35.2 Å². The van der Waals surface area contributed by atoms with Gasteiger partial charge in [0.05, 0.1) is 16.6 Å². The van der Waals surface area contributed by atoms with E-state index in [1.54, 1.807) is 0 Å². The van der Waals surface area contributed by atoms with Crippen LogP contribution in [0.25, 0.3) is 0 Å². The number of rotatable bonds is 29. The van der Waals surface area contributed by atoms with Crippen LogP contribution in [0.15, 0.2) is 0 Å². The molecule has 0 bridgehead atoms. The maximum absolute atomic E-state index is 13.4. The van der Waals surface area contributed by atoms with E-state index in [1.807, 2.05) is 162 Å². The quantitative estimate of drug-likeness (QED) is 0.0409. The molecule has 3 unspecified atom stereocenters. The van der Waals surface area contributed by atoms with Crippen LogP contribution in [0.2, 0.25) is 0 Å². The molecule has 10 nitrogen and oxygen atoms in total. The molecule has 454 valence electrons. The first-order valence-electron chi connectivity index (χ1n) is 29.8. The van der Waals surface area contributed by atoms with Crippen molar-refractivity contribution in [2.24, 2.45) is 29.6 Å². The summed E-state index contributed by atoms with van der Waals surface area (Å²) in [5.41, 5.74) is -1.29. The smallest absolute Gasteiger partial charge is 0.432 e. The summed E-state index contributed by atoms with van der Waals surface area (Å²) in [6.07, 6.45) is 6.67. The molecule has 0 saturated heterocycles. The van der Waals surface area contributed by atoms with Crippen LogP contribution in [0.3, 0.4) is 0 Å². The monoisotopic (exact) mass is 1140 g/mol. The fraction of sp³-hybridized carbons (Fsp3) is 0.862. The normalized spacial score (nSPS) is 13.5. The Labute approximate surface area is 570 Å². The maximum atomic E-state index is 13.4. The zero-order valence-electron chi connectivity index (χ0n) is 59.1. The Morgan fingerprint density at radius 2 is 0.623 bits per heavy atom. The minimum atomic E-state index is -0.469. The van der Waals surface area contributed by atoms with Gasteiger partial charge in [0.2, 0.25) is 0 Å². The number of carbonyl (C=O) groups excluding carboxylic acids is 5. The van der Waals surface area contributed by atoms with Crippen molar-refractivity contribution in [1.29, 1.82) is 0 Å². The van der Waals surface area contributed by atoms with Gasteiger partial charge in [-0.1, -0.05) is 164 Å². The number of hydrogen-bond acceptors (Lipinski definition) is 10. The van der Waals surface area contributed by atoms with Crippen LogP contribution in [0, 0.1) is 55.5 Å². The number of unbranched alkanes of at least 4 members (excludes halogenated alkanes) is 1. The minimum Gasteiger partial charge on any atom is -0.432 e. The van der Waals surface area contributed by atoms with Crippen molar-refractivity contribution in [3.8, 4) is 0 Å². The molecule has 77 heavy (non-hydrogen) atoms. The summed E-state index contributed by atoms with van der Waals surface area (Å²) in [5.74, 6) is 1.73. The topological polar surface area (TPSA) is 102 Å². The molecule has 0 fully saturated rings. The average molecular weight is 1150 g/mol. The largest absolute Gasteiger partial charge is 1.00 e. The molecule has 0 amide bonds. The van der Waals surface area contributed by atoms with Gasteiger partial charge in [0.25, 0.3) is 0 Å². The Balaban J connectivity index is -0.000000119. The van der Waals surface area contributed by atoms with E-state index in [0.29, 0.717) is 47.6 Å². The number of nitrogens with zero attached hydrogens (tertiary/aromatic N) is 5. The molecular weight excluding hydrogens is 1010 g/mol. The summed E-state index contributed by atoms with van der Waals surface area (Å²) in [4.78, 5) is 72.4. The van der Waals surface area contributed by atoms with Gasteiger partial charge in [-0.3, -0.25) is 41.2 Å². The van der Waals surface area contributed by atoms with Gasteiger partial charge in [0.15, 0.2) is 17.3 Å². The fourth-order valence-electron chi connectivity index (χ4n) is 8.74. The van der Waals surface area contributed by atoms with Crippen molar-refractivity contribution in [1.82, 2.24) is 24.5 Å². The molecule has 3 atom stereocenters. The van der Waals surface area contributed by atoms with Gasteiger partial charge in [-0.2, -0.15) is 26.7 Å². The van der Waals surface area contributed by atoms with Crippen LogP contribution < -0.4 is 103 Å². The third-order valence-electron chi connectivity index (χ3n) is 14.8. The predicted octanol–water partition coefficient (Wildman–Crippen LogP) is 10.0. The summed E-state index contributed by atoms with van der Waals surface area (Å²) >= 11 is 0. The van der Waals surface area contributed by atoms with E-state index in [2.05, 4.69) is 119 Å².